The third kappa shape index (κ3) is 4.73. The minimum Gasteiger partial charge on any atom is -0.493 e. The third-order valence-electron chi connectivity index (χ3n) is 6.46. The van der Waals surface area contributed by atoms with Gasteiger partial charge in [-0.25, -0.2) is 0 Å². The van der Waals surface area contributed by atoms with Gasteiger partial charge in [0.15, 0.2) is 11.5 Å². The highest BCUT2D eigenvalue weighted by Crippen LogP contribution is 2.37. The van der Waals surface area contributed by atoms with Gasteiger partial charge in [0, 0.05) is 18.8 Å². The predicted octanol–water partition coefficient (Wildman–Crippen LogP) is 5.06. The Balaban J connectivity index is 1.41. The molecule has 3 aromatic rings. The van der Waals surface area contributed by atoms with E-state index in [2.05, 4.69) is 17.4 Å². The van der Waals surface area contributed by atoms with E-state index in [1.54, 1.807) is 7.11 Å². The second-order valence-corrected chi connectivity index (χ2v) is 8.68. The van der Waals surface area contributed by atoms with E-state index in [1.165, 1.54) is 5.56 Å². The molecule has 0 saturated carbocycles. The van der Waals surface area contributed by atoms with Gasteiger partial charge in [-0.3, -0.25) is 4.79 Å². The Hall–Kier alpha value is -3.51. The van der Waals surface area contributed by atoms with E-state index in [1.807, 2.05) is 65.6 Å². The summed E-state index contributed by atoms with van der Waals surface area (Å²) in [5.74, 6) is 1.35. The fourth-order valence-corrected chi connectivity index (χ4v) is 4.61. The van der Waals surface area contributed by atoms with Crippen molar-refractivity contribution in [3.63, 3.8) is 0 Å². The van der Waals surface area contributed by atoms with E-state index in [9.17, 15) is 4.79 Å². The summed E-state index contributed by atoms with van der Waals surface area (Å²) in [6.45, 7) is 1.90. The number of hydrogen-bond acceptors (Lipinski definition) is 5. The van der Waals surface area contributed by atoms with Crippen LogP contribution in [0.1, 0.15) is 40.5 Å². The Morgan fingerprint density at radius 2 is 1.85 bits per heavy atom. The Kier molecular flexibility index (Phi) is 6.67. The number of hydrogen-bond donors (Lipinski definition) is 1. The van der Waals surface area contributed by atoms with Gasteiger partial charge in [-0.15, -0.1) is 0 Å². The fraction of sp³-hybridized carbons (Fsp3) is 0.321. The lowest BCUT2D eigenvalue weighted by Crippen LogP contribution is -2.44. The lowest BCUT2D eigenvalue weighted by atomic mass is 10.0. The highest BCUT2D eigenvalue weighted by molar-refractivity contribution is 6.01. The maximum absolute atomic E-state index is 13.5. The molecular formula is C28H30N2O4. The van der Waals surface area contributed by atoms with Crippen LogP contribution < -0.4 is 14.8 Å². The highest BCUT2D eigenvalue weighted by atomic mass is 16.5. The maximum Gasteiger partial charge on any atom is 0.257 e. The van der Waals surface area contributed by atoms with Crippen LogP contribution in [0.25, 0.3) is 0 Å². The van der Waals surface area contributed by atoms with E-state index >= 15 is 0 Å². The molecule has 0 spiro atoms. The van der Waals surface area contributed by atoms with Crippen molar-refractivity contribution in [2.24, 2.45) is 0 Å². The molecule has 2 aliphatic heterocycles. The van der Waals surface area contributed by atoms with Crippen LogP contribution in [0.5, 0.6) is 11.5 Å². The molecule has 5 rings (SSSR count). The van der Waals surface area contributed by atoms with Crippen molar-refractivity contribution in [1.29, 1.82) is 0 Å². The topological polar surface area (TPSA) is 60.0 Å². The zero-order chi connectivity index (χ0) is 23.3. The SMILES string of the molecule is COc1cc(C2Nc3ccccc3C(=O)N2CCc2ccccc2)ccc1OCC1CCCO1. The minimum atomic E-state index is -0.313. The summed E-state index contributed by atoms with van der Waals surface area (Å²) >= 11 is 0. The van der Waals surface area contributed by atoms with Crippen LogP contribution in [-0.4, -0.2) is 43.8 Å². The van der Waals surface area contributed by atoms with Crippen LogP contribution >= 0.6 is 0 Å². The molecule has 0 aliphatic carbocycles. The first-order chi connectivity index (χ1) is 16.7. The molecule has 3 aromatic carbocycles. The second kappa shape index (κ2) is 10.2. The summed E-state index contributed by atoms with van der Waals surface area (Å²) in [6, 6.07) is 23.8. The van der Waals surface area contributed by atoms with Crippen molar-refractivity contribution < 1.29 is 19.0 Å². The molecule has 2 unspecified atom stereocenters. The largest absolute Gasteiger partial charge is 0.493 e. The van der Waals surface area contributed by atoms with E-state index in [0.29, 0.717) is 30.2 Å². The monoisotopic (exact) mass is 458 g/mol. The molecule has 1 saturated heterocycles. The van der Waals surface area contributed by atoms with Crippen LogP contribution in [0.15, 0.2) is 72.8 Å². The quantitative estimate of drug-likeness (QED) is 0.511. The fourth-order valence-electron chi connectivity index (χ4n) is 4.61. The summed E-state index contributed by atoms with van der Waals surface area (Å²) in [6.07, 6.45) is 2.68. The minimum absolute atomic E-state index is 0.0213. The maximum atomic E-state index is 13.5. The number of carbonyl (C=O) groups is 1. The lowest BCUT2D eigenvalue weighted by molar-refractivity contribution is 0.0665. The van der Waals surface area contributed by atoms with Crippen molar-refractivity contribution in [3.05, 3.63) is 89.5 Å². The molecule has 2 atom stereocenters. The normalized spacial score (nSPS) is 19.4. The number of carbonyl (C=O) groups excluding carboxylic acids is 1. The van der Waals surface area contributed by atoms with Gasteiger partial charge >= 0.3 is 0 Å². The first-order valence-electron chi connectivity index (χ1n) is 11.9. The zero-order valence-corrected chi connectivity index (χ0v) is 19.4. The Bertz CT molecular complexity index is 1130. The van der Waals surface area contributed by atoms with Crippen molar-refractivity contribution in [2.75, 3.05) is 32.2 Å². The summed E-state index contributed by atoms with van der Waals surface area (Å²) < 4.78 is 17.3. The van der Waals surface area contributed by atoms with Crippen LogP contribution in [0, 0.1) is 0 Å². The van der Waals surface area contributed by atoms with Gasteiger partial charge < -0.3 is 24.4 Å². The first-order valence-corrected chi connectivity index (χ1v) is 11.9. The molecule has 0 radical (unpaired) electrons. The van der Waals surface area contributed by atoms with Gasteiger partial charge in [-0.1, -0.05) is 48.5 Å². The van der Waals surface area contributed by atoms with E-state index < -0.39 is 0 Å². The van der Waals surface area contributed by atoms with E-state index in [-0.39, 0.29) is 18.2 Å². The molecule has 2 aliphatic rings. The van der Waals surface area contributed by atoms with Crippen LogP contribution in [0.4, 0.5) is 5.69 Å². The molecule has 1 N–H and O–H groups in total. The van der Waals surface area contributed by atoms with Crippen molar-refractivity contribution >= 4 is 11.6 Å². The molecule has 6 nitrogen and oxygen atoms in total. The Morgan fingerprint density at radius 1 is 1.03 bits per heavy atom. The number of nitrogens with one attached hydrogen (secondary N) is 1. The molecule has 1 amide bonds. The summed E-state index contributed by atoms with van der Waals surface area (Å²) in [4.78, 5) is 15.4. The van der Waals surface area contributed by atoms with Gasteiger partial charge in [0.25, 0.3) is 5.91 Å². The third-order valence-corrected chi connectivity index (χ3v) is 6.46. The van der Waals surface area contributed by atoms with E-state index in [4.69, 9.17) is 14.2 Å². The molecule has 1 fully saturated rings. The summed E-state index contributed by atoms with van der Waals surface area (Å²) in [5, 5.41) is 3.57. The number of anilines is 1. The predicted molar refractivity (Wildman–Crippen MR) is 131 cm³/mol. The van der Waals surface area contributed by atoms with Crippen molar-refractivity contribution in [2.45, 2.75) is 31.5 Å². The average Bonchev–Trinajstić information content (AvgIpc) is 3.41. The van der Waals surface area contributed by atoms with Crippen LogP contribution in [0.3, 0.4) is 0 Å². The van der Waals surface area contributed by atoms with Crippen LogP contribution in [0.2, 0.25) is 0 Å². The number of ether oxygens (including phenoxy) is 3. The number of amides is 1. The lowest BCUT2D eigenvalue weighted by Gasteiger charge is -2.38. The number of para-hydroxylation sites is 1. The standard InChI is InChI=1S/C28H30N2O4/c1-32-26-18-21(13-14-25(26)34-19-22-10-7-17-33-22)27-29-24-12-6-5-11-23(24)28(31)30(27)16-15-20-8-3-2-4-9-20/h2-6,8-9,11-14,18,22,27,29H,7,10,15-17,19H2,1H3. The second-order valence-electron chi connectivity index (χ2n) is 8.68. The highest BCUT2D eigenvalue weighted by Gasteiger charge is 2.33. The summed E-state index contributed by atoms with van der Waals surface area (Å²) in [5.41, 5.74) is 3.67. The number of benzene rings is 3. The van der Waals surface area contributed by atoms with Crippen molar-refractivity contribution in [3.8, 4) is 11.5 Å². The molecule has 0 aromatic heterocycles. The average molecular weight is 459 g/mol. The van der Waals surface area contributed by atoms with Crippen LogP contribution in [-0.2, 0) is 11.2 Å². The van der Waals surface area contributed by atoms with Gasteiger partial charge in [-0.2, -0.15) is 0 Å². The summed E-state index contributed by atoms with van der Waals surface area (Å²) in [7, 11) is 1.64. The molecule has 34 heavy (non-hydrogen) atoms. The molecule has 6 heteroatoms. The number of rotatable bonds is 8. The number of fused-ring (bicyclic) bond motifs is 1. The van der Waals surface area contributed by atoms with Gasteiger partial charge in [0.1, 0.15) is 12.8 Å². The molecule has 2 heterocycles. The number of methoxy groups -OCH3 is 1. The van der Waals surface area contributed by atoms with Gasteiger partial charge in [0.05, 0.1) is 18.8 Å². The van der Waals surface area contributed by atoms with Gasteiger partial charge in [0.2, 0.25) is 0 Å². The molecule has 176 valence electrons. The van der Waals surface area contributed by atoms with E-state index in [0.717, 1.165) is 37.1 Å². The van der Waals surface area contributed by atoms with Gasteiger partial charge in [-0.05, 0) is 54.7 Å². The number of nitrogens with zero attached hydrogens (tertiary/aromatic N) is 1. The molecular weight excluding hydrogens is 428 g/mol. The Labute approximate surface area is 200 Å². The first kappa shape index (κ1) is 22.3. The van der Waals surface area contributed by atoms with Crippen molar-refractivity contribution in [1.82, 2.24) is 4.90 Å². The molecule has 0 bridgehead atoms. The zero-order valence-electron chi connectivity index (χ0n) is 19.4. The Morgan fingerprint density at radius 3 is 2.65 bits per heavy atom. The smallest absolute Gasteiger partial charge is 0.257 e.